The lowest BCUT2D eigenvalue weighted by atomic mass is 10.2. The van der Waals surface area contributed by atoms with E-state index in [2.05, 4.69) is 10.3 Å². The van der Waals surface area contributed by atoms with E-state index in [9.17, 15) is 18.4 Å². The molecule has 2 amide bonds. The van der Waals surface area contributed by atoms with Crippen LogP contribution in [0.1, 0.15) is 19.8 Å². The standard InChI is InChI=1S/C13H13Cl4F2N3O2/c1-2-3-9(23)21-11-7(4-6(15)10(17)22-11)20-12(24)13(18,19)8(16)5-14/h4,8H,2-3,5H2,1H3,(H,20,24)(H,21,22,23). The molecule has 0 saturated carbocycles. The number of carbonyl (C=O) groups excluding carboxylic acids is 2. The van der Waals surface area contributed by atoms with Gasteiger partial charge in [-0.05, 0) is 12.5 Å². The van der Waals surface area contributed by atoms with Crippen LogP contribution in [0, 0.1) is 0 Å². The molecule has 1 unspecified atom stereocenters. The fourth-order valence-corrected chi connectivity index (χ4v) is 2.11. The first-order valence-corrected chi connectivity index (χ1v) is 8.41. The number of hydrogen-bond acceptors (Lipinski definition) is 3. The summed E-state index contributed by atoms with van der Waals surface area (Å²) in [5.41, 5.74) is -0.239. The van der Waals surface area contributed by atoms with Gasteiger partial charge in [0.1, 0.15) is 10.5 Å². The van der Waals surface area contributed by atoms with Gasteiger partial charge in [-0.3, -0.25) is 9.59 Å². The highest BCUT2D eigenvalue weighted by atomic mass is 35.5. The van der Waals surface area contributed by atoms with Crippen molar-refractivity contribution in [3.63, 3.8) is 0 Å². The van der Waals surface area contributed by atoms with Crippen LogP contribution in [0.3, 0.4) is 0 Å². The molecule has 0 fully saturated rings. The van der Waals surface area contributed by atoms with E-state index in [1.54, 1.807) is 6.92 Å². The van der Waals surface area contributed by atoms with Gasteiger partial charge in [0, 0.05) is 12.3 Å². The Morgan fingerprint density at radius 2 is 1.96 bits per heavy atom. The Balaban J connectivity index is 3.11. The van der Waals surface area contributed by atoms with Crippen molar-refractivity contribution in [3.8, 4) is 0 Å². The molecule has 134 valence electrons. The number of nitrogens with one attached hydrogen (secondary N) is 2. The van der Waals surface area contributed by atoms with E-state index in [0.717, 1.165) is 6.07 Å². The zero-order valence-corrected chi connectivity index (χ0v) is 15.3. The number of hydrogen-bond donors (Lipinski definition) is 2. The third kappa shape index (κ3) is 5.31. The molecule has 0 aliphatic rings. The maximum Gasteiger partial charge on any atom is 0.342 e. The molecule has 1 aromatic heterocycles. The van der Waals surface area contributed by atoms with Crippen LogP contribution in [0.15, 0.2) is 6.07 Å². The van der Waals surface area contributed by atoms with Gasteiger partial charge in [0.2, 0.25) is 5.91 Å². The lowest BCUT2D eigenvalue weighted by Gasteiger charge is -2.20. The van der Waals surface area contributed by atoms with Crippen LogP contribution < -0.4 is 10.6 Å². The van der Waals surface area contributed by atoms with Crippen LogP contribution in [0.5, 0.6) is 0 Å². The minimum atomic E-state index is -3.94. The highest BCUT2D eigenvalue weighted by Gasteiger charge is 2.46. The van der Waals surface area contributed by atoms with Crippen molar-refractivity contribution in [1.82, 2.24) is 4.98 Å². The highest BCUT2D eigenvalue weighted by molar-refractivity contribution is 6.41. The predicted molar refractivity (Wildman–Crippen MR) is 91.7 cm³/mol. The fourth-order valence-electron chi connectivity index (χ4n) is 1.52. The summed E-state index contributed by atoms with van der Waals surface area (Å²) in [6.45, 7) is 1.78. The summed E-state index contributed by atoms with van der Waals surface area (Å²) in [4.78, 5) is 27.2. The van der Waals surface area contributed by atoms with E-state index in [0.29, 0.717) is 6.42 Å². The maximum atomic E-state index is 13.8. The zero-order valence-electron chi connectivity index (χ0n) is 12.3. The van der Waals surface area contributed by atoms with E-state index in [1.165, 1.54) is 0 Å². The number of carbonyl (C=O) groups is 2. The van der Waals surface area contributed by atoms with Crippen LogP contribution in [0.2, 0.25) is 10.2 Å². The van der Waals surface area contributed by atoms with Crippen molar-refractivity contribution < 1.29 is 18.4 Å². The minimum absolute atomic E-state index is 0.0939. The lowest BCUT2D eigenvalue weighted by Crippen LogP contribution is -2.43. The van der Waals surface area contributed by atoms with E-state index < -0.39 is 29.0 Å². The van der Waals surface area contributed by atoms with Gasteiger partial charge in [-0.15, -0.1) is 23.2 Å². The number of aromatic nitrogens is 1. The number of anilines is 2. The highest BCUT2D eigenvalue weighted by Crippen LogP contribution is 2.32. The molecule has 11 heteroatoms. The summed E-state index contributed by atoms with van der Waals surface area (Å²) in [5.74, 6) is -6.93. The van der Waals surface area contributed by atoms with Gasteiger partial charge in [-0.25, -0.2) is 4.98 Å². The van der Waals surface area contributed by atoms with E-state index >= 15 is 0 Å². The van der Waals surface area contributed by atoms with Gasteiger partial charge in [-0.2, -0.15) is 8.78 Å². The summed E-state index contributed by atoms with van der Waals surface area (Å²) in [6, 6.07) is 1.09. The maximum absolute atomic E-state index is 13.8. The SMILES string of the molecule is CCCC(=O)Nc1nc(Cl)c(Cl)cc1NC(=O)C(F)(F)C(Cl)CCl. The smallest absolute Gasteiger partial charge is 0.318 e. The monoisotopic (exact) mass is 421 g/mol. The van der Waals surface area contributed by atoms with Crippen LogP contribution in [-0.4, -0.2) is 34.0 Å². The van der Waals surface area contributed by atoms with Gasteiger partial charge in [0.25, 0.3) is 5.91 Å². The predicted octanol–water partition coefficient (Wildman–Crippen LogP) is 4.55. The fraction of sp³-hybridized carbons (Fsp3) is 0.462. The number of rotatable bonds is 7. The summed E-state index contributed by atoms with van der Waals surface area (Å²) >= 11 is 22.2. The van der Waals surface area contributed by atoms with Gasteiger partial charge < -0.3 is 10.6 Å². The number of amides is 2. The first kappa shape index (κ1) is 21.2. The molecule has 0 aliphatic carbocycles. The van der Waals surface area contributed by atoms with Crippen LogP contribution >= 0.6 is 46.4 Å². The Labute approximate surface area is 157 Å². The van der Waals surface area contributed by atoms with Crippen LogP contribution in [0.25, 0.3) is 0 Å². The first-order valence-electron chi connectivity index (χ1n) is 6.68. The molecular formula is C13H13Cl4F2N3O2. The van der Waals surface area contributed by atoms with E-state index in [1.807, 2.05) is 5.32 Å². The third-order valence-electron chi connectivity index (χ3n) is 2.75. The number of alkyl halides is 4. The molecule has 2 N–H and O–H groups in total. The molecule has 0 aromatic carbocycles. The summed E-state index contributed by atoms with van der Waals surface area (Å²) in [6.07, 6.45) is 0.720. The quantitative estimate of drug-likeness (QED) is 0.500. The second-order valence-electron chi connectivity index (χ2n) is 4.65. The third-order valence-corrected chi connectivity index (χ3v) is 4.32. The second kappa shape index (κ2) is 8.99. The van der Waals surface area contributed by atoms with Gasteiger partial charge in [-0.1, -0.05) is 30.1 Å². The number of halogens is 6. The Bertz CT molecular complexity index is 631. The van der Waals surface area contributed by atoms with Crippen molar-refractivity contribution >= 4 is 69.7 Å². The summed E-state index contributed by atoms with van der Waals surface area (Å²) in [5, 5.41) is 2.13. The summed E-state index contributed by atoms with van der Waals surface area (Å²) < 4.78 is 27.6. The molecule has 0 radical (unpaired) electrons. The Hall–Kier alpha value is -0.890. The van der Waals surface area contributed by atoms with Crippen molar-refractivity contribution in [2.45, 2.75) is 31.1 Å². The topological polar surface area (TPSA) is 71.1 Å². The first-order chi connectivity index (χ1) is 11.1. The largest absolute Gasteiger partial charge is 0.342 e. The molecule has 1 rings (SSSR count). The molecular weight excluding hydrogens is 410 g/mol. The van der Waals surface area contributed by atoms with Crippen LogP contribution in [0.4, 0.5) is 20.3 Å². The second-order valence-corrected chi connectivity index (χ2v) is 6.25. The normalized spacial score (nSPS) is 12.6. The molecule has 0 aliphatic heterocycles. The molecule has 0 bridgehead atoms. The zero-order chi connectivity index (χ0) is 18.5. The van der Waals surface area contributed by atoms with Crippen molar-refractivity contribution in [2.24, 2.45) is 0 Å². The molecule has 1 heterocycles. The molecule has 5 nitrogen and oxygen atoms in total. The Morgan fingerprint density at radius 1 is 1.33 bits per heavy atom. The van der Waals surface area contributed by atoms with E-state index in [4.69, 9.17) is 46.4 Å². The average molecular weight is 423 g/mol. The average Bonchev–Trinajstić information content (AvgIpc) is 2.51. The molecule has 24 heavy (non-hydrogen) atoms. The van der Waals surface area contributed by atoms with Crippen molar-refractivity contribution in [3.05, 3.63) is 16.2 Å². The van der Waals surface area contributed by atoms with E-state index in [-0.39, 0.29) is 28.1 Å². The van der Waals surface area contributed by atoms with Gasteiger partial charge >= 0.3 is 5.92 Å². The summed E-state index contributed by atoms with van der Waals surface area (Å²) in [7, 11) is 0. The molecule has 1 aromatic rings. The number of nitrogens with zero attached hydrogens (tertiary/aromatic N) is 1. The van der Waals surface area contributed by atoms with Gasteiger partial charge in [0.05, 0.1) is 10.7 Å². The van der Waals surface area contributed by atoms with Gasteiger partial charge in [0.15, 0.2) is 5.82 Å². The number of pyridine rings is 1. The van der Waals surface area contributed by atoms with Crippen molar-refractivity contribution in [2.75, 3.05) is 16.5 Å². The molecule has 1 atom stereocenters. The van der Waals surface area contributed by atoms with Crippen molar-refractivity contribution in [1.29, 1.82) is 0 Å². The Morgan fingerprint density at radius 3 is 2.50 bits per heavy atom. The molecule has 0 spiro atoms. The van der Waals surface area contributed by atoms with Crippen LogP contribution in [-0.2, 0) is 9.59 Å². The lowest BCUT2D eigenvalue weighted by molar-refractivity contribution is -0.139. The Kier molecular flexibility index (Phi) is 7.92. The minimum Gasteiger partial charge on any atom is -0.318 e. The molecule has 0 saturated heterocycles.